The normalized spacial score (nSPS) is 16.4. The third-order valence-electron chi connectivity index (χ3n) is 5.02. The lowest BCUT2D eigenvalue weighted by molar-refractivity contribution is -0.131. The number of H-pyrrole nitrogens is 1. The van der Waals surface area contributed by atoms with Crippen molar-refractivity contribution in [2.45, 2.75) is 32.2 Å². The first kappa shape index (κ1) is 18.2. The van der Waals surface area contributed by atoms with E-state index in [2.05, 4.69) is 15.0 Å². The Morgan fingerprint density at radius 2 is 2.18 bits per heavy atom. The first-order chi connectivity index (χ1) is 13.7. The van der Waals surface area contributed by atoms with E-state index < -0.39 is 0 Å². The quantitative estimate of drug-likeness (QED) is 0.739. The second kappa shape index (κ2) is 7.80. The van der Waals surface area contributed by atoms with Crippen LogP contribution in [0.3, 0.4) is 0 Å². The topological polar surface area (TPSA) is 84.0 Å². The van der Waals surface area contributed by atoms with Crippen molar-refractivity contribution in [3.05, 3.63) is 59.8 Å². The minimum Gasteiger partial charge on any atom is -0.496 e. The summed E-state index contributed by atoms with van der Waals surface area (Å²) < 4.78 is 5.39. The number of imidazole rings is 1. The molecule has 1 aliphatic rings. The molecule has 0 saturated carbocycles. The van der Waals surface area contributed by atoms with Gasteiger partial charge in [0.15, 0.2) is 11.6 Å². The fourth-order valence-corrected chi connectivity index (χ4v) is 3.71. The van der Waals surface area contributed by atoms with Gasteiger partial charge in [0.25, 0.3) is 0 Å². The van der Waals surface area contributed by atoms with Crippen molar-refractivity contribution in [3.63, 3.8) is 0 Å². The predicted octanol–water partition coefficient (Wildman–Crippen LogP) is 3.09. The number of hydrogen-bond acceptors (Lipinski definition) is 5. The van der Waals surface area contributed by atoms with Crippen LogP contribution in [0.25, 0.3) is 11.5 Å². The summed E-state index contributed by atoms with van der Waals surface area (Å²) in [6.45, 7) is 2.65. The number of rotatable bonds is 5. The van der Waals surface area contributed by atoms with Crippen molar-refractivity contribution >= 4 is 5.91 Å². The maximum absolute atomic E-state index is 13.1. The second-order valence-corrected chi connectivity index (χ2v) is 6.92. The maximum atomic E-state index is 13.1. The number of likely N-dealkylation sites (tertiary alicyclic amines) is 1. The van der Waals surface area contributed by atoms with Gasteiger partial charge in [-0.15, -0.1) is 0 Å². The number of aromatic nitrogens is 4. The Balaban J connectivity index is 1.59. The average Bonchev–Trinajstić information content (AvgIpc) is 3.40. The lowest BCUT2D eigenvalue weighted by atomic mass is 10.1. The molecule has 144 valence electrons. The van der Waals surface area contributed by atoms with Crippen molar-refractivity contribution in [1.82, 2.24) is 24.8 Å². The number of amides is 1. The minimum atomic E-state index is -0.115. The Morgan fingerprint density at radius 3 is 2.96 bits per heavy atom. The van der Waals surface area contributed by atoms with Gasteiger partial charge in [-0.2, -0.15) is 0 Å². The molecule has 2 aromatic heterocycles. The summed E-state index contributed by atoms with van der Waals surface area (Å²) in [5, 5.41) is 0. The molecule has 0 aliphatic carbocycles. The number of carbonyl (C=O) groups excluding carboxylic acids is 1. The molecule has 0 unspecified atom stereocenters. The smallest absolute Gasteiger partial charge is 0.227 e. The minimum absolute atomic E-state index is 0.0663. The molecule has 28 heavy (non-hydrogen) atoms. The monoisotopic (exact) mass is 377 g/mol. The molecule has 1 N–H and O–H groups in total. The first-order valence-electron chi connectivity index (χ1n) is 9.42. The van der Waals surface area contributed by atoms with E-state index in [0.717, 1.165) is 35.5 Å². The van der Waals surface area contributed by atoms with Crippen molar-refractivity contribution in [3.8, 4) is 17.3 Å². The number of benzene rings is 1. The van der Waals surface area contributed by atoms with Crippen LogP contribution in [-0.4, -0.2) is 44.4 Å². The summed E-state index contributed by atoms with van der Waals surface area (Å²) in [6, 6.07) is 9.42. The van der Waals surface area contributed by atoms with E-state index in [0.29, 0.717) is 24.6 Å². The third kappa shape index (κ3) is 3.60. The van der Waals surface area contributed by atoms with Crippen LogP contribution in [0.4, 0.5) is 0 Å². The fraction of sp³-hybridized carbons (Fsp3) is 0.333. The highest BCUT2D eigenvalue weighted by Crippen LogP contribution is 2.32. The SMILES string of the molecule is COc1ccccc1CC(=O)N1CCC[C@H]1c1nc(C)cc(-c2ncc[nH]2)n1. The van der Waals surface area contributed by atoms with E-state index in [4.69, 9.17) is 9.72 Å². The lowest BCUT2D eigenvalue weighted by Gasteiger charge is -2.24. The van der Waals surface area contributed by atoms with Gasteiger partial charge >= 0.3 is 0 Å². The van der Waals surface area contributed by atoms with Crippen LogP contribution in [-0.2, 0) is 11.2 Å². The number of methoxy groups -OCH3 is 1. The molecule has 1 aromatic carbocycles. The van der Waals surface area contributed by atoms with Gasteiger partial charge in [-0.25, -0.2) is 15.0 Å². The summed E-state index contributed by atoms with van der Waals surface area (Å²) >= 11 is 0. The summed E-state index contributed by atoms with van der Waals surface area (Å²) in [5.41, 5.74) is 2.50. The van der Waals surface area contributed by atoms with Crippen LogP contribution < -0.4 is 4.74 Å². The van der Waals surface area contributed by atoms with Gasteiger partial charge in [-0.1, -0.05) is 18.2 Å². The van der Waals surface area contributed by atoms with Crippen molar-refractivity contribution in [2.75, 3.05) is 13.7 Å². The summed E-state index contributed by atoms with van der Waals surface area (Å²) in [6.07, 6.45) is 5.57. The zero-order valence-corrected chi connectivity index (χ0v) is 16.1. The van der Waals surface area contributed by atoms with Crippen LogP contribution >= 0.6 is 0 Å². The Kier molecular flexibility index (Phi) is 5.06. The first-order valence-corrected chi connectivity index (χ1v) is 9.42. The Morgan fingerprint density at radius 1 is 1.32 bits per heavy atom. The summed E-state index contributed by atoms with van der Waals surface area (Å²) in [7, 11) is 1.62. The summed E-state index contributed by atoms with van der Waals surface area (Å²) in [4.78, 5) is 31.7. The standard InChI is InChI=1S/C21H23N5O2/c1-14-12-16(20-22-9-10-23-20)25-21(24-14)17-7-5-11-26(17)19(27)13-15-6-3-4-8-18(15)28-2/h3-4,6,8-10,12,17H,5,7,11,13H2,1-2H3,(H,22,23)/t17-/m0/s1. The van der Waals surface area contributed by atoms with E-state index in [1.54, 1.807) is 19.5 Å². The van der Waals surface area contributed by atoms with Gasteiger partial charge < -0.3 is 14.6 Å². The van der Waals surface area contributed by atoms with Gasteiger partial charge in [0.2, 0.25) is 5.91 Å². The number of nitrogens with zero attached hydrogens (tertiary/aromatic N) is 4. The van der Waals surface area contributed by atoms with Gasteiger partial charge in [0.1, 0.15) is 11.4 Å². The highest BCUT2D eigenvalue weighted by atomic mass is 16.5. The van der Waals surface area contributed by atoms with Gasteiger partial charge in [0, 0.05) is 30.2 Å². The van der Waals surface area contributed by atoms with Crippen LogP contribution in [0.15, 0.2) is 42.7 Å². The average molecular weight is 377 g/mol. The highest BCUT2D eigenvalue weighted by Gasteiger charge is 2.32. The molecule has 1 atom stereocenters. The van der Waals surface area contributed by atoms with Crippen molar-refractivity contribution in [2.24, 2.45) is 0 Å². The molecule has 3 aromatic rings. The molecule has 7 heteroatoms. The Labute approximate surface area is 163 Å². The zero-order valence-electron chi connectivity index (χ0n) is 16.1. The molecule has 1 saturated heterocycles. The van der Waals surface area contributed by atoms with E-state index in [1.165, 1.54) is 0 Å². The Bertz CT molecular complexity index is 971. The van der Waals surface area contributed by atoms with E-state index in [-0.39, 0.29) is 11.9 Å². The molecule has 1 amide bonds. The van der Waals surface area contributed by atoms with Gasteiger partial charge in [0.05, 0.1) is 19.6 Å². The summed E-state index contributed by atoms with van der Waals surface area (Å²) in [5.74, 6) is 2.18. The molecule has 1 fully saturated rings. The number of carbonyl (C=O) groups is 1. The molecular formula is C21H23N5O2. The van der Waals surface area contributed by atoms with E-state index >= 15 is 0 Å². The molecule has 4 rings (SSSR count). The second-order valence-electron chi connectivity index (χ2n) is 6.92. The predicted molar refractivity (Wildman–Crippen MR) is 105 cm³/mol. The molecular weight excluding hydrogens is 354 g/mol. The number of para-hydroxylation sites is 1. The number of aryl methyl sites for hydroxylation is 1. The van der Waals surface area contributed by atoms with Crippen LogP contribution in [0.5, 0.6) is 5.75 Å². The number of nitrogens with one attached hydrogen (secondary N) is 1. The molecule has 0 bridgehead atoms. The Hall–Kier alpha value is -3.22. The van der Waals surface area contributed by atoms with E-state index in [1.807, 2.05) is 42.2 Å². The van der Waals surface area contributed by atoms with Gasteiger partial charge in [-0.05, 0) is 31.9 Å². The highest BCUT2D eigenvalue weighted by molar-refractivity contribution is 5.80. The van der Waals surface area contributed by atoms with Crippen LogP contribution in [0.1, 0.15) is 36.0 Å². The zero-order chi connectivity index (χ0) is 19.5. The van der Waals surface area contributed by atoms with E-state index in [9.17, 15) is 4.79 Å². The number of ether oxygens (including phenoxy) is 1. The molecule has 0 spiro atoms. The fourth-order valence-electron chi connectivity index (χ4n) is 3.71. The molecule has 1 aliphatic heterocycles. The maximum Gasteiger partial charge on any atom is 0.227 e. The van der Waals surface area contributed by atoms with Crippen LogP contribution in [0, 0.1) is 6.92 Å². The van der Waals surface area contributed by atoms with Crippen molar-refractivity contribution < 1.29 is 9.53 Å². The molecule has 3 heterocycles. The largest absolute Gasteiger partial charge is 0.496 e. The number of hydrogen-bond donors (Lipinski definition) is 1. The molecule has 0 radical (unpaired) electrons. The molecule has 7 nitrogen and oxygen atoms in total. The number of aromatic amines is 1. The van der Waals surface area contributed by atoms with Crippen LogP contribution in [0.2, 0.25) is 0 Å². The van der Waals surface area contributed by atoms with Crippen molar-refractivity contribution in [1.29, 1.82) is 0 Å². The third-order valence-corrected chi connectivity index (χ3v) is 5.02. The lowest BCUT2D eigenvalue weighted by Crippen LogP contribution is -2.33. The van der Waals surface area contributed by atoms with Gasteiger partial charge in [-0.3, -0.25) is 4.79 Å².